The van der Waals surface area contributed by atoms with Crippen molar-refractivity contribution < 1.29 is 18.0 Å². The predicted molar refractivity (Wildman–Crippen MR) is 81.9 cm³/mol. The highest BCUT2D eigenvalue weighted by molar-refractivity contribution is 9.10. The summed E-state index contributed by atoms with van der Waals surface area (Å²) in [6.07, 6.45) is -4.02. The lowest BCUT2D eigenvalue weighted by molar-refractivity contribution is -0.151. The summed E-state index contributed by atoms with van der Waals surface area (Å²) in [4.78, 5) is 15.2. The highest BCUT2D eigenvalue weighted by atomic mass is 79.9. The number of carbonyl (C=O) groups excluding carboxylic acids is 1. The van der Waals surface area contributed by atoms with Crippen molar-refractivity contribution in [2.75, 3.05) is 32.7 Å². The molecule has 1 saturated heterocycles. The molecule has 1 aliphatic heterocycles. The van der Waals surface area contributed by atoms with Gasteiger partial charge in [0.15, 0.2) is 0 Å². The average Bonchev–Trinajstić information content (AvgIpc) is 2.43. The minimum Gasteiger partial charge on any atom is -0.340 e. The summed E-state index contributed by atoms with van der Waals surface area (Å²) in [5.74, 6) is -0.102. The van der Waals surface area contributed by atoms with Gasteiger partial charge in [0.2, 0.25) is 5.91 Å². The molecule has 0 aliphatic carbocycles. The lowest BCUT2D eigenvalue weighted by Crippen LogP contribution is -2.51. The molecule has 122 valence electrons. The van der Waals surface area contributed by atoms with E-state index in [-0.39, 0.29) is 25.4 Å². The first-order chi connectivity index (χ1) is 10.3. The van der Waals surface area contributed by atoms with E-state index in [9.17, 15) is 18.0 Å². The molecule has 1 aromatic carbocycles. The maximum Gasteiger partial charge on any atom is 0.401 e. The van der Waals surface area contributed by atoms with Crippen LogP contribution in [-0.4, -0.2) is 54.6 Å². The van der Waals surface area contributed by atoms with Crippen LogP contribution in [0.25, 0.3) is 0 Å². The number of piperazine rings is 1. The van der Waals surface area contributed by atoms with Crippen LogP contribution >= 0.6 is 27.5 Å². The second-order valence-corrected chi connectivity index (χ2v) is 6.36. The Morgan fingerprint density at radius 2 is 1.86 bits per heavy atom. The lowest BCUT2D eigenvalue weighted by Gasteiger charge is -2.35. The van der Waals surface area contributed by atoms with E-state index < -0.39 is 12.7 Å². The van der Waals surface area contributed by atoms with Gasteiger partial charge in [-0.3, -0.25) is 9.69 Å². The molecule has 0 bridgehead atoms. The smallest absolute Gasteiger partial charge is 0.340 e. The predicted octanol–water partition coefficient (Wildman–Crippen LogP) is 3.35. The fraction of sp³-hybridized carbons (Fsp3) is 0.500. The molecule has 0 N–H and O–H groups in total. The molecule has 1 amide bonds. The largest absolute Gasteiger partial charge is 0.401 e. The second-order valence-electron chi connectivity index (χ2n) is 5.16. The van der Waals surface area contributed by atoms with Crippen LogP contribution in [0.4, 0.5) is 13.2 Å². The second kappa shape index (κ2) is 7.19. The van der Waals surface area contributed by atoms with E-state index in [0.717, 1.165) is 5.56 Å². The zero-order valence-corrected chi connectivity index (χ0v) is 14.0. The Hall–Kier alpha value is -0.790. The molecule has 1 aliphatic rings. The average molecular weight is 400 g/mol. The monoisotopic (exact) mass is 398 g/mol. The molecule has 0 radical (unpaired) electrons. The molecule has 0 unspecified atom stereocenters. The zero-order valence-electron chi connectivity index (χ0n) is 11.7. The molecule has 22 heavy (non-hydrogen) atoms. The fourth-order valence-corrected chi connectivity index (χ4v) is 2.97. The van der Waals surface area contributed by atoms with Gasteiger partial charge in [0.05, 0.1) is 18.0 Å². The molecule has 0 spiro atoms. The molecule has 8 heteroatoms. The van der Waals surface area contributed by atoms with Crippen molar-refractivity contribution in [3.05, 3.63) is 33.3 Å². The standard InChI is InChI=1S/C14H15BrClF3N2O/c15-13-10(2-1-3-11(13)16)8-12(22)21-6-4-20(5-7-21)9-14(17,18)19/h1-3H,4-9H2. The quantitative estimate of drug-likeness (QED) is 0.778. The minimum absolute atomic E-state index is 0.102. The number of hydrogen-bond acceptors (Lipinski definition) is 2. The Labute approximate surface area is 140 Å². The highest BCUT2D eigenvalue weighted by Crippen LogP contribution is 2.27. The number of carbonyl (C=O) groups is 1. The zero-order chi connectivity index (χ0) is 16.3. The van der Waals surface area contributed by atoms with Gasteiger partial charge in [-0.25, -0.2) is 0 Å². The van der Waals surface area contributed by atoms with Crippen molar-refractivity contribution >= 4 is 33.4 Å². The number of rotatable bonds is 3. The van der Waals surface area contributed by atoms with Crippen LogP contribution in [0, 0.1) is 0 Å². The maximum atomic E-state index is 12.3. The van der Waals surface area contributed by atoms with Crippen molar-refractivity contribution in [3.8, 4) is 0 Å². The topological polar surface area (TPSA) is 23.6 Å². The van der Waals surface area contributed by atoms with Crippen LogP contribution in [-0.2, 0) is 11.2 Å². The van der Waals surface area contributed by atoms with E-state index in [1.807, 2.05) is 0 Å². The van der Waals surface area contributed by atoms with Crippen molar-refractivity contribution in [2.24, 2.45) is 0 Å². The molecule has 1 fully saturated rings. The van der Waals surface area contributed by atoms with Gasteiger partial charge in [-0.05, 0) is 27.6 Å². The molecule has 1 aromatic rings. The Balaban J connectivity index is 1.89. The van der Waals surface area contributed by atoms with E-state index >= 15 is 0 Å². The Bertz CT molecular complexity index is 545. The van der Waals surface area contributed by atoms with Crippen LogP contribution in [0.1, 0.15) is 5.56 Å². The number of alkyl halides is 3. The Morgan fingerprint density at radius 3 is 2.45 bits per heavy atom. The number of benzene rings is 1. The van der Waals surface area contributed by atoms with E-state index in [4.69, 9.17) is 11.6 Å². The molecular formula is C14H15BrClF3N2O. The summed E-state index contributed by atoms with van der Waals surface area (Å²) in [5.41, 5.74) is 0.773. The van der Waals surface area contributed by atoms with Gasteiger partial charge in [0, 0.05) is 30.7 Å². The Morgan fingerprint density at radius 1 is 1.23 bits per heavy atom. The number of hydrogen-bond donors (Lipinski definition) is 0. The van der Waals surface area contributed by atoms with Gasteiger partial charge < -0.3 is 4.90 Å². The van der Waals surface area contributed by atoms with Crippen molar-refractivity contribution in [2.45, 2.75) is 12.6 Å². The van der Waals surface area contributed by atoms with Gasteiger partial charge in [-0.2, -0.15) is 13.2 Å². The summed E-state index contributed by atoms with van der Waals surface area (Å²) in [6.45, 7) is 0.180. The van der Waals surface area contributed by atoms with E-state index in [0.29, 0.717) is 22.6 Å². The Kier molecular flexibility index (Phi) is 5.74. The molecule has 2 rings (SSSR count). The summed E-state index contributed by atoms with van der Waals surface area (Å²) >= 11 is 9.32. The van der Waals surface area contributed by atoms with Crippen molar-refractivity contribution in [1.82, 2.24) is 9.80 Å². The molecule has 0 atom stereocenters. The first-order valence-electron chi connectivity index (χ1n) is 6.76. The number of nitrogens with zero attached hydrogens (tertiary/aromatic N) is 2. The molecule has 3 nitrogen and oxygen atoms in total. The maximum absolute atomic E-state index is 12.3. The van der Waals surface area contributed by atoms with Gasteiger partial charge in [-0.15, -0.1) is 0 Å². The van der Waals surface area contributed by atoms with E-state index in [2.05, 4.69) is 15.9 Å². The van der Waals surface area contributed by atoms with Crippen LogP contribution in [0.3, 0.4) is 0 Å². The normalized spacial score (nSPS) is 16.9. The number of amides is 1. The molecule has 0 saturated carbocycles. The summed E-state index contributed by atoms with van der Waals surface area (Å²) in [5, 5.41) is 0.528. The lowest BCUT2D eigenvalue weighted by atomic mass is 10.1. The van der Waals surface area contributed by atoms with Crippen LogP contribution < -0.4 is 0 Å². The van der Waals surface area contributed by atoms with Gasteiger partial charge in [0.1, 0.15) is 0 Å². The van der Waals surface area contributed by atoms with Crippen LogP contribution in [0.5, 0.6) is 0 Å². The first kappa shape index (κ1) is 17.6. The molecule has 0 aromatic heterocycles. The first-order valence-corrected chi connectivity index (χ1v) is 7.93. The SMILES string of the molecule is O=C(Cc1cccc(Cl)c1Br)N1CCN(CC(F)(F)F)CC1. The van der Waals surface area contributed by atoms with Crippen LogP contribution in [0.15, 0.2) is 22.7 Å². The van der Waals surface area contributed by atoms with Crippen LogP contribution in [0.2, 0.25) is 5.02 Å². The summed E-state index contributed by atoms with van der Waals surface area (Å²) < 4.78 is 37.7. The fourth-order valence-electron chi connectivity index (χ4n) is 2.37. The van der Waals surface area contributed by atoms with Gasteiger partial charge in [-0.1, -0.05) is 23.7 Å². The summed E-state index contributed by atoms with van der Waals surface area (Å²) in [7, 11) is 0. The summed E-state index contributed by atoms with van der Waals surface area (Å²) in [6, 6.07) is 5.28. The van der Waals surface area contributed by atoms with Gasteiger partial charge >= 0.3 is 6.18 Å². The van der Waals surface area contributed by atoms with Crippen molar-refractivity contribution in [1.29, 1.82) is 0 Å². The highest BCUT2D eigenvalue weighted by Gasteiger charge is 2.32. The minimum atomic E-state index is -4.20. The van der Waals surface area contributed by atoms with Gasteiger partial charge in [0.25, 0.3) is 0 Å². The third-order valence-corrected chi connectivity index (χ3v) is 4.98. The van der Waals surface area contributed by atoms with E-state index in [1.165, 1.54) is 4.90 Å². The van der Waals surface area contributed by atoms with E-state index in [1.54, 1.807) is 23.1 Å². The third kappa shape index (κ3) is 4.86. The third-order valence-electron chi connectivity index (χ3n) is 3.50. The molecule has 1 heterocycles. The van der Waals surface area contributed by atoms with Crippen molar-refractivity contribution in [3.63, 3.8) is 0 Å². The molecular weight excluding hydrogens is 385 g/mol. The number of halogens is 5.